The average Bonchev–Trinajstić information content (AvgIpc) is 2.45. The molecule has 2 rings (SSSR count). The van der Waals surface area contributed by atoms with Crippen molar-refractivity contribution in [2.45, 2.75) is 6.18 Å². The van der Waals surface area contributed by atoms with Crippen molar-refractivity contribution in [3.8, 4) is 0 Å². The van der Waals surface area contributed by atoms with Crippen LogP contribution in [-0.4, -0.2) is 9.38 Å². The van der Waals surface area contributed by atoms with E-state index in [0.717, 1.165) is 12.3 Å². The van der Waals surface area contributed by atoms with Crippen LogP contribution < -0.4 is 0 Å². The highest BCUT2D eigenvalue weighted by Crippen LogP contribution is 2.30. The zero-order valence-corrected chi connectivity index (χ0v) is 6.42. The molecule has 0 aliphatic heterocycles. The molecule has 13 heavy (non-hydrogen) atoms. The summed E-state index contributed by atoms with van der Waals surface area (Å²) in [7, 11) is 0. The van der Waals surface area contributed by atoms with Crippen LogP contribution in [0.15, 0.2) is 30.7 Å². The van der Waals surface area contributed by atoms with Gasteiger partial charge in [0.15, 0.2) is 0 Å². The molecule has 0 saturated carbocycles. The van der Waals surface area contributed by atoms with E-state index in [1.807, 2.05) is 0 Å². The standard InChI is InChI=1S/C8H5F3N2/c9-8(10,11)6-4-7-12-2-1-3-13(7)5-6/h1-5H. The minimum absolute atomic E-state index is 0.301. The van der Waals surface area contributed by atoms with Gasteiger partial charge >= 0.3 is 6.18 Å². The third kappa shape index (κ3) is 1.37. The molecule has 2 aromatic rings. The number of halogens is 3. The van der Waals surface area contributed by atoms with E-state index in [0.29, 0.717) is 5.65 Å². The van der Waals surface area contributed by atoms with Crippen molar-refractivity contribution >= 4 is 5.65 Å². The zero-order valence-electron chi connectivity index (χ0n) is 6.42. The molecular formula is C8H5F3N2. The van der Waals surface area contributed by atoms with Gasteiger partial charge in [-0.05, 0) is 12.1 Å². The van der Waals surface area contributed by atoms with E-state index < -0.39 is 11.7 Å². The molecule has 0 unspecified atom stereocenters. The van der Waals surface area contributed by atoms with Gasteiger partial charge in [-0.25, -0.2) is 4.98 Å². The van der Waals surface area contributed by atoms with Gasteiger partial charge < -0.3 is 4.40 Å². The van der Waals surface area contributed by atoms with Gasteiger partial charge in [0.2, 0.25) is 0 Å². The lowest BCUT2D eigenvalue weighted by molar-refractivity contribution is -0.137. The summed E-state index contributed by atoms with van der Waals surface area (Å²) in [5, 5.41) is 0. The van der Waals surface area contributed by atoms with Crippen LogP contribution in [0.5, 0.6) is 0 Å². The van der Waals surface area contributed by atoms with Crippen molar-refractivity contribution in [1.82, 2.24) is 9.38 Å². The first kappa shape index (κ1) is 8.10. The van der Waals surface area contributed by atoms with Crippen molar-refractivity contribution in [1.29, 1.82) is 0 Å². The first-order valence-electron chi connectivity index (χ1n) is 3.57. The Morgan fingerprint density at radius 3 is 2.69 bits per heavy atom. The molecule has 5 heteroatoms. The van der Waals surface area contributed by atoms with Crippen molar-refractivity contribution in [2.75, 3.05) is 0 Å². The minimum atomic E-state index is -4.30. The number of aromatic nitrogens is 2. The predicted octanol–water partition coefficient (Wildman–Crippen LogP) is 2.35. The Labute approximate surface area is 71.6 Å². The van der Waals surface area contributed by atoms with E-state index in [9.17, 15) is 13.2 Å². The van der Waals surface area contributed by atoms with Crippen molar-refractivity contribution < 1.29 is 13.2 Å². The van der Waals surface area contributed by atoms with E-state index in [-0.39, 0.29) is 0 Å². The maximum atomic E-state index is 12.2. The summed E-state index contributed by atoms with van der Waals surface area (Å²) in [4.78, 5) is 3.78. The van der Waals surface area contributed by atoms with Crippen molar-refractivity contribution in [2.24, 2.45) is 0 Å². The summed E-state index contributed by atoms with van der Waals surface area (Å²) >= 11 is 0. The number of hydrogen-bond acceptors (Lipinski definition) is 1. The molecule has 0 radical (unpaired) electrons. The summed E-state index contributed by atoms with van der Waals surface area (Å²) in [5.74, 6) is 0. The Balaban J connectivity index is 2.63. The SMILES string of the molecule is FC(F)(F)c1cc2ncccn2c1. The molecule has 0 bridgehead atoms. The molecule has 2 aromatic heterocycles. The fraction of sp³-hybridized carbons (Fsp3) is 0.125. The lowest BCUT2D eigenvalue weighted by atomic mass is 10.3. The highest BCUT2D eigenvalue weighted by Gasteiger charge is 2.31. The van der Waals surface area contributed by atoms with E-state index in [4.69, 9.17) is 0 Å². The molecular weight excluding hydrogens is 181 g/mol. The van der Waals surface area contributed by atoms with E-state index in [2.05, 4.69) is 4.98 Å². The van der Waals surface area contributed by atoms with Gasteiger partial charge in [0.25, 0.3) is 0 Å². The first-order valence-corrected chi connectivity index (χ1v) is 3.57. The van der Waals surface area contributed by atoms with Gasteiger partial charge in [0.05, 0.1) is 5.56 Å². The Hall–Kier alpha value is -1.52. The minimum Gasteiger partial charge on any atom is -0.308 e. The number of nitrogens with zero attached hydrogens (tertiary/aromatic N) is 2. The van der Waals surface area contributed by atoms with Crippen molar-refractivity contribution in [3.05, 3.63) is 36.3 Å². The molecule has 0 spiro atoms. The number of rotatable bonds is 0. The summed E-state index contributed by atoms with van der Waals surface area (Å²) in [6.45, 7) is 0. The molecule has 0 amide bonds. The highest BCUT2D eigenvalue weighted by molar-refractivity contribution is 5.43. The lowest BCUT2D eigenvalue weighted by Gasteiger charge is -2.00. The highest BCUT2D eigenvalue weighted by atomic mass is 19.4. The molecule has 2 heterocycles. The van der Waals surface area contributed by atoms with Gasteiger partial charge in [0, 0.05) is 18.6 Å². The van der Waals surface area contributed by atoms with Crippen molar-refractivity contribution in [3.63, 3.8) is 0 Å². The third-order valence-electron chi connectivity index (χ3n) is 1.69. The molecule has 0 fully saturated rings. The molecule has 2 nitrogen and oxygen atoms in total. The van der Waals surface area contributed by atoms with Gasteiger partial charge in [-0.3, -0.25) is 0 Å². The molecule has 0 saturated heterocycles. The molecule has 0 atom stereocenters. The van der Waals surface area contributed by atoms with Crippen LogP contribution in [0.4, 0.5) is 13.2 Å². The first-order chi connectivity index (χ1) is 6.07. The summed E-state index contributed by atoms with van der Waals surface area (Å²) in [6.07, 6.45) is -0.302. The smallest absolute Gasteiger partial charge is 0.308 e. The molecule has 0 aliphatic rings. The Morgan fingerprint density at radius 1 is 1.31 bits per heavy atom. The monoisotopic (exact) mass is 186 g/mol. The number of alkyl halides is 3. The van der Waals surface area contributed by atoms with Gasteiger partial charge in [-0.1, -0.05) is 0 Å². The maximum absolute atomic E-state index is 12.2. The molecule has 0 N–H and O–H groups in total. The topological polar surface area (TPSA) is 17.3 Å². The fourth-order valence-electron chi connectivity index (χ4n) is 1.10. The fourth-order valence-corrected chi connectivity index (χ4v) is 1.10. The maximum Gasteiger partial charge on any atom is 0.417 e. The molecule has 68 valence electrons. The van der Waals surface area contributed by atoms with E-state index in [1.54, 1.807) is 6.07 Å². The van der Waals surface area contributed by atoms with Crippen LogP contribution in [0.2, 0.25) is 0 Å². The van der Waals surface area contributed by atoms with E-state index in [1.165, 1.54) is 16.8 Å². The van der Waals surface area contributed by atoms with Crippen LogP contribution in [0.25, 0.3) is 5.65 Å². The van der Waals surface area contributed by atoms with Crippen LogP contribution >= 0.6 is 0 Å². The second kappa shape index (κ2) is 2.48. The Bertz CT molecular complexity index is 397. The third-order valence-corrected chi connectivity index (χ3v) is 1.69. The summed E-state index contributed by atoms with van der Waals surface area (Å²) in [5.41, 5.74) is -0.374. The van der Waals surface area contributed by atoms with E-state index >= 15 is 0 Å². The largest absolute Gasteiger partial charge is 0.417 e. The second-order valence-corrected chi connectivity index (χ2v) is 2.61. The lowest BCUT2D eigenvalue weighted by Crippen LogP contribution is -2.02. The Morgan fingerprint density at radius 2 is 2.08 bits per heavy atom. The molecule has 0 aromatic carbocycles. The van der Waals surface area contributed by atoms with Gasteiger partial charge in [-0.15, -0.1) is 0 Å². The average molecular weight is 186 g/mol. The zero-order chi connectivity index (χ0) is 9.47. The second-order valence-electron chi connectivity index (χ2n) is 2.61. The van der Waals surface area contributed by atoms with Crippen LogP contribution in [0.1, 0.15) is 5.56 Å². The summed E-state index contributed by atoms with van der Waals surface area (Å²) < 4.78 is 37.9. The number of hydrogen-bond donors (Lipinski definition) is 0. The van der Waals surface area contributed by atoms with Gasteiger partial charge in [-0.2, -0.15) is 13.2 Å². The normalized spacial score (nSPS) is 12.2. The van der Waals surface area contributed by atoms with Crippen LogP contribution in [0.3, 0.4) is 0 Å². The van der Waals surface area contributed by atoms with Crippen LogP contribution in [-0.2, 0) is 6.18 Å². The quantitative estimate of drug-likeness (QED) is 0.617. The Kier molecular flexibility index (Phi) is 1.55. The number of fused-ring (bicyclic) bond motifs is 1. The summed E-state index contributed by atoms with van der Waals surface area (Å²) in [6, 6.07) is 2.59. The molecule has 0 aliphatic carbocycles. The van der Waals surface area contributed by atoms with Crippen LogP contribution in [0, 0.1) is 0 Å². The predicted molar refractivity (Wildman–Crippen MR) is 40.2 cm³/mol. The van der Waals surface area contributed by atoms with Gasteiger partial charge in [0.1, 0.15) is 5.65 Å².